The van der Waals surface area contributed by atoms with E-state index in [0.717, 1.165) is 11.0 Å². The quantitative estimate of drug-likeness (QED) is 0.498. The molecule has 2 heterocycles. The van der Waals surface area contributed by atoms with Crippen LogP contribution >= 0.6 is 0 Å². The summed E-state index contributed by atoms with van der Waals surface area (Å²) >= 11 is 0. The SMILES string of the molecule is CC(C)C(NC(=O)N1CCn2c1nc1ccccc12)C(=O)NC(CC(N)=O)C(=O)O. The Balaban J connectivity index is 1.74. The summed E-state index contributed by atoms with van der Waals surface area (Å²) in [6.45, 7) is 4.40. The molecule has 0 saturated heterocycles. The summed E-state index contributed by atoms with van der Waals surface area (Å²) in [5, 5.41) is 14.1. The van der Waals surface area contributed by atoms with Crippen molar-refractivity contribution < 1.29 is 24.3 Å². The third kappa shape index (κ3) is 4.19. The highest BCUT2D eigenvalue weighted by atomic mass is 16.4. The van der Waals surface area contributed by atoms with Gasteiger partial charge < -0.3 is 26.0 Å². The first-order valence-electron chi connectivity index (χ1n) is 9.53. The highest BCUT2D eigenvalue weighted by Gasteiger charge is 2.33. The van der Waals surface area contributed by atoms with Crippen molar-refractivity contribution in [2.45, 2.75) is 38.9 Å². The zero-order valence-electron chi connectivity index (χ0n) is 16.7. The van der Waals surface area contributed by atoms with Gasteiger partial charge in [-0.2, -0.15) is 0 Å². The fourth-order valence-electron chi connectivity index (χ4n) is 3.39. The van der Waals surface area contributed by atoms with Gasteiger partial charge in [-0.05, 0) is 18.1 Å². The van der Waals surface area contributed by atoms with Gasteiger partial charge in [0.05, 0.1) is 17.5 Å². The minimum absolute atomic E-state index is 0.335. The lowest BCUT2D eigenvalue weighted by Gasteiger charge is -2.25. The van der Waals surface area contributed by atoms with Crippen molar-refractivity contribution in [2.75, 3.05) is 11.4 Å². The molecule has 3 rings (SSSR count). The van der Waals surface area contributed by atoms with E-state index in [2.05, 4.69) is 15.6 Å². The Morgan fingerprint density at radius 1 is 1.17 bits per heavy atom. The first-order valence-corrected chi connectivity index (χ1v) is 9.53. The maximum atomic E-state index is 12.9. The number of fused-ring (bicyclic) bond motifs is 3. The number of hydrogen-bond donors (Lipinski definition) is 4. The number of carboxylic acids is 1. The molecule has 0 aliphatic carbocycles. The molecule has 0 bridgehead atoms. The van der Waals surface area contributed by atoms with Gasteiger partial charge in [0.1, 0.15) is 12.1 Å². The van der Waals surface area contributed by atoms with Crippen molar-refractivity contribution in [2.24, 2.45) is 11.7 Å². The first kappa shape index (κ1) is 21.1. The van der Waals surface area contributed by atoms with Gasteiger partial charge in [-0.25, -0.2) is 14.6 Å². The number of carbonyl (C=O) groups is 4. The molecule has 1 aromatic carbocycles. The van der Waals surface area contributed by atoms with Crippen molar-refractivity contribution in [3.8, 4) is 0 Å². The molecular weight excluding hydrogens is 392 g/mol. The number of rotatable bonds is 7. The number of aliphatic carboxylic acids is 1. The second-order valence-corrected chi connectivity index (χ2v) is 7.44. The molecule has 11 nitrogen and oxygen atoms in total. The molecule has 0 saturated carbocycles. The summed E-state index contributed by atoms with van der Waals surface area (Å²) in [6.07, 6.45) is -0.546. The van der Waals surface area contributed by atoms with Gasteiger partial charge in [0.2, 0.25) is 17.8 Å². The van der Waals surface area contributed by atoms with Crippen molar-refractivity contribution in [3.05, 3.63) is 24.3 Å². The average Bonchev–Trinajstić information content (AvgIpc) is 3.23. The number of nitrogens with two attached hydrogens (primary N) is 1. The third-order valence-electron chi connectivity index (χ3n) is 4.92. The number of nitrogens with one attached hydrogen (secondary N) is 2. The van der Waals surface area contributed by atoms with Crippen LogP contribution in [0, 0.1) is 5.92 Å². The average molecular weight is 416 g/mol. The lowest BCUT2D eigenvalue weighted by molar-refractivity contribution is -0.143. The largest absolute Gasteiger partial charge is 0.480 e. The number of urea groups is 1. The predicted octanol–water partition coefficient (Wildman–Crippen LogP) is 0.0353. The Morgan fingerprint density at radius 2 is 1.87 bits per heavy atom. The molecule has 160 valence electrons. The molecule has 0 spiro atoms. The van der Waals surface area contributed by atoms with Crippen LogP contribution in [0.25, 0.3) is 11.0 Å². The van der Waals surface area contributed by atoms with Gasteiger partial charge in [-0.3, -0.25) is 14.5 Å². The fraction of sp³-hybridized carbons (Fsp3) is 0.421. The number of carboxylic acid groups (broad SMARTS) is 1. The number of nitrogens with zero attached hydrogens (tertiary/aromatic N) is 3. The van der Waals surface area contributed by atoms with Crippen LogP contribution in [-0.2, 0) is 20.9 Å². The van der Waals surface area contributed by atoms with Gasteiger partial charge in [-0.15, -0.1) is 0 Å². The zero-order valence-corrected chi connectivity index (χ0v) is 16.7. The zero-order chi connectivity index (χ0) is 22.0. The molecule has 2 aromatic rings. The summed E-state index contributed by atoms with van der Waals surface area (Å²) in [6, 6.07) is 4.53. The van der Waals surface area contributed by atoms with Crippen molar-refractivity contribution in [1.82, 2.24) is 20.2 Å². The standard InChI is InChI=1S/C19H24N6O5/c1-10(2)15(16(27)21-12(17(28)29)9-14(20)26)23-19(30)25-8-7-24-13-6-4-3-5-11(13)22-18(24)25/h3-6,10,12,15H,7-9H2,1-2H3,(H2,20,26)(H,21,27)(H,23,30)(H,28,29). The summed E-state index contributed by atoms with van der Waals surface area (Å²) < 4.78 is 1.92. The van der Waals surface area contributed by atoms with E-state index >= 15 is 0 Å². The monoisotopic (exact) mass is 416 g/mol. The molecular formula is C19H24N6O5. The van der Waals surface area contributed by atoms with E-state index < -0.39 is 42.3 Å². The molecule has 0 radical (unpaired) electrons. The van der Waals surface area contributed by atoms with Crippen LogP contribution in [0.3, 0.4) is 0 Å². The molecule has 0 fully saturated rings. The van der Waals surface area contributed by atoms with E-state index in [0.29, 0.717) is 19.0 Å². The number of amides is 4. The topological polar surface area (TPSA) is 160 Å². The molecule has 1 aromatic heterocycles. The number of imidazole rings is 1. The molecule has 2 unspecified atom stereocenters. The van der Waals surface area contributed by atoms with E-state index in [1.54, 1.807) is 13.8 Å². The van der Waals surface area contributed by atoms with Crippen LogP contribution < -0.4 is 21.3 Å². The van der Waals surface area contributed by atoms with Crippen LogP contribution in [0.4, 0.5) is 10.7 Å². The number of para-hydroxylation sites is 2. The number of primary amides is 1. The van der Waals surface area contributed by atoms with Gasteiger partial charge >= 0.3 is 12.0 Å². The third-order valence-corrected chi connectivity index (χ3v) is 4.92. The second-order valence-electron chi connectivity index (χ2n) is 7.44. The van der Waals surface area contributed by atoms with Crippen molar-refractivity contribution in [1.29, 1.82) is 0 Å². The Morgan fingerprint density at radius 3 is 2.50 bits per heavy atom. The summed E-state index contributed by atoms with van der Waals surface area (Å²) in [5.74, 6) is -2.81. The molecule has 1 aliphatic heterocycles. The highest BCUT2D eigenvalue weighted by Crippen LogP contribution is 2.27. The summed E-state index contributed by atoms with van der Waals surface area (Å²) in [7, 11) is 0. The predicted molar refractivity (Wildman–Crippen MR) is 108 cm³/mol. The minimum atomic E-state index is -1.47. The molecule has 2 atom stereocenters. The van der Waals surface area contributed by atoms with Crippen LogP contribution in [0.5, 0.6) is 0 Å². The summed E-state index contributed by atoms with van der Waals surface area (Å²) in [4.78, 5) is 53.8. The van der Waals surface area contributed by atoms with E-state index in [1.165, 1.54) is 4.90 Å². The number of carbonyl (C=O) groups excluding carboxylic acids is 3. The number of hydrogen-bond acceptors (Lipinski definition) is 5. The number of benzene rings is 1. The van der Waals surface area contributed by atoms with E-state index in [9.17, 15) is 24.3 Å². The van der Waals surface area contributed by atoms with Crippen LogP contribution in [0.2, 0.25) is 0 Å². The summed E-state index contributed by atoms with van der Waals surface area (Å²) in [5.41, 5.74) is 6.72. The lowest BCUT2D eigenvalue weighted by Crippen LogP contribution is -2.56. The molecule has 30 heavy (non-hydrogen) atoms. The van der Waals surface area contributed by atoms with Crippen LogP contribution in [0.15, 0.2) is 24.3 Å². The Bertz CT molecular complexity index is 1000. The lowest BCUT2D eigenvalue weighted by atomic mass is 10.0. The maximum absolute atomic E-state index is 12.9. The van der Waals surface area contributed by atoms with Crippen molar-refractivity contribution in [3.63, 3.8) is 0 Å². The van der Waals surface area contributed by atoms with Gasteiger partial charge in [0, 0.05) is 13.1 Å². The molecule has 5 N–H and O–H groups in total. The van der Waals surface area contributed by atoms with E-state index in [-0.39, 0.29) is 5.92 Å². The second kappa shape index (κ2) is 8.39. The number of anilines is 1. The Labute approximate surface area is 172 Å². The maximum Gasteiger partial charge on any atom is 0.326 e. The number of aromatic nitrogens is 2. The first-order chi connectivity index (χ1) is 14.2. The van der Waals surface area contributed by atoms with Gasteiger partial charge in [0.25, 0.3) is 0 Å². The van der Waals surface area contributed by atoms with E-state index in [1.807, 2.05) is 28.8 Å². The van der Waals surface area contributed by atoms with Gasteiger partial charge in [0.15, 0.2) is 0 Å². The van der Waals surface area contributed by atoms with E-state index in [4.69, 9.17) is 5.73 Å². The van der Waals surface area contributed by atoms with Crippen LogP contribution in [-0.4, -0.2) is 57.1 Å². The molecule has 1 aliphatic rings. The molecule has 11 heteroatoms. The fourth-order valence-corrected chi connectivity index (χ4v) is 3.39. The Kier molecular flexibility index (Phi) is 5.90. The highest BCUT2D eigenvalue weighted by molar-refractivity contribution is 5.97. The minimum Gasteiger partial charge on any atom is -0.480 e. The smallest absolute Gasteiger partial charge is 0.326 e. The molecule has 4 amide bonds. The van der Waals surface area contributed by atoms with Crippen LogP contribution in [0.1, 0.15) is 20.3 Å². The normalized spacial score (nSPS) is 15.0. The Hall–Kier alpha value is -3.63. The van der Waals surface area contributed by atoms with Gasteiger partial charge in [-0.1, -0.05) is 26.0 Å². The van der Waals surface area contributed by atoms with Crippen molar-refractivity contribution >= 4 is 40.8 Å².